The van der Waals surface area contributed by atoms with Crippen molar-refractivity contribution in [3.8, 4) is 11.5 Å². The van der Waals surface area contributed by atoms with Crippen molar-refractivity contribution < 1.29 is 23.8 Å². The van der Waals surface area contributed by atoms with Crippen molar-refractivity contribution in [3.05, 3.63) is 46.4 Å². The van der Waals surface area contributed by atoms with Gasteiger partial charge in [-0.2, -0.15) is 0 Å². The third-order valence-corrected chi connectivity index (χ3v) is 5.06. The van der Waals surface area contributed by atoms with Crippen LogP contribution in [0.2, 0.25) is 0 Å². The molecule has 134 valence electrons. The van der Waals surface area contributed by atoms with Crippen molar-refractivity contribution in [2.75, 3.05) is 20.2 Å². The second-order valence-corrected chi connectivity index (χ2v) is 6.94. The van der Waals surface area contributed by atoms with E-state index in [0.717, 1.165) is 4.88 Å². The molecule has 1 saturated heterocycles. The number of aliphatic hydroxyl groups excluding tert-OH is 1. The molecule has 1 fully saturated rings. The number of nitrogens with zero attached hydrogens (tertiary/aromatic N) is 1. The lowest BCUT2D eigenvalue weighted by atomic mass is 10.0. The Balaban J connectivity index is 1.67. The number of ether oxygens (including phenoxy) is 2. The number of carbonyl (C=O) groups excluding carboxylic acids is 1. The first-order valence-electron chi connectivity index (χ1n) is 8.05. The zero-order valence-corrected chi connectivity index (χ0v) is 14.7. The number of amides is 1. The molecular formula is C18H20FNO4S. The number of hydrogen-bond acceptors (Lipinski definition) is 5. The van der Waals surface area contributed by atoms with Gasteiger partial charge in [0.05, 0.1) is 26.2 Å². The molecule has 2 heterocycles. The summed E-state index contributed by atoms with van der Waals surface area (Å²) >= 11 is 1.55. The van der Waals surface area contributed by atoms with E-state index in [2.05, 4.69) is 0 Å². The predicted molar refractivity (Wildman–Crippen MR) is 92.6 cm³/mol. The third-order valence-electron chi connectivity index (χ3n) is 4.19. The maximum absolute atomic E-state index is 13.3. The van der Waals surface area contributed by atoms with E-state index >= 15 is 0 Å². The van der Waals surface area contributed by atoms with Gasteiger partial charge < -0.3 is 19.5 Å². The largest absolute Gasteiger partial charge is 0.493 e. The minimum absolute atomic E-state index is 0.00835. The van der Waals surface area contributed by atoms with Crippen LogP contribution in [-0.2, 0) is 11.2 Å². The Kier molecular flexibility index (Phi) is 5.55. The molecule has 0 spiro atoms. The molecule has 3 rings (SSSR count). The first-order chi connectivity index (χ1) is 12.1. The van der Waals surface area contributed by atoms with Crippen molar-refractivity contribution in [1.29, 1.82) is 0 Å². The van der Waals surface area contributed by atoms with Crippen LogP contribution in [0.25, 0.3) is 0 Å². The van der Waals surface area contributed by atoms with Crippen LogP contribution in [0.5, 0.6) is 11.5 Å². The lowest BCUT2D eigenvalue weighted by molar-refractivity contribution is -0.136. The monoisotopic (exact) mass is 365 g/mol. The summed E-state index contributed by atoms with van der Waals surface area (Å²) in [6.07, 6.45) is -0.494. The van der Waals surface area contributed by atoms with Crippen molar-refractivity contribution in [1.82, 2.24) is 4.90 Å². The van der Waals surface area contributed by atoms with Gasteiger partial charge in [0.15, 0.2) is 11.5 Å². The average Bonchev–Trinajstić information content (AvgIpc) is 3.11. The van der Waals surface area contributed by atoms with Gasteiger partial charge in [-0.15, -0.1) is 11.3 Å². The van der Waals surface area contributed by atoms with Crippen molar-refractivity contribution >= 4 is 17.2 Å². The number of benzene rings is 1. The summed E-state index contributed by atoms with van der Waals surface area (Å²) in [4.78, 5) is 15.2. The number of thiophene rings is 1. The van der Waals surface area contributed by atoms with Gasteiger partial charge in [0.1, 0.15) is 11.9 Å². The Labute approximate surface area is 149 Å². The molecule has 1 aliphatic rings. The summed E-state index contributed by atoms with van der Waals surface area (Å²) in [7, 11) is 1.43. The molecule has 0 unspecified atom stereocenters. The van der Waals surface area contributed by atoms with Crippen LogP contribution >= 0.6 is 11.3 Å². The van der Waals surface area contributed by atoms with Gasteiger partial charge in [-0.05, 0) is 30.0 Å². The number of piperidine rings is 1. The first-order valence-corrected chi connectivity index (χ1v) is 8.93. The molecule has 25 heavy (non-hydrogen) atoms. The number of hydrogen-bond donors (Lipinski definition) is 1. The molecule has 1 amide bonds. The predicted octanol–water partition coefficient (Wildman–Crippen LogP) is 2.48. The van der Waals surface area contributed by atoms with Crippen molar-refractivity contribution in [3.63, 3.8) is 0 Å². The van der Waals surface area contributed by atoms with Crippen LogP contribution in [0, 0.1) is 5.82 Å². The van der Waals surface area contributed by atoms with Gasteiger partial charge in [0.25, 0.3) is 0 Å². The molecule has 0 radical (unpaired) electrons. The number of aliphatic hydroxyl groups is 1. The van der Waals surface area contributed by atoms with Gasteiger partial charge in [-0.25, -0.2) is 4.39 Å². The second kappa shape index (κ2) is 7.84. The van der Waals surface area contributed by atoms with Crippen LogP contribution in [0.1, 0.15) is 11.3 Å². The Hall–Kier alpha value is -2.12. The van der Waals surface area contributed by atoms with E-state index in [9.17, 15) is 14.3 Å². The molecule has 7 heteroatoms. The van der Waals surface area contributed by atoms with Crippen LogP contribution in [-0.4, -0.2) is 48.3 Å². The molecule has 2 atom stereocenters. The van der Waals surface area contributed by atoms with Gasteiger partial charge in [-0.3, -0.25) is 4.79 Å². The summed E-state index contributed by atoms with van der Waals surface area (Å²) in [5.41, 5.74) is 0. The summed E-state index contributed by atoms with van der Waals surface area (Å²) in [6.45, 7) is 0.775. The highest BCUT2D eigenvalue weighted by atomic mass is 32.1. The summed E-state index contributed by atoms with van der Waals surface area (Å²) < 4.78 is 24.2. The molecule has 1 N–H and O–H groups in total. The van der Waals surface area contributed by atoms with E-state index in [1.165, 1.54) is 25.3 Å². The lowest BCUT2D eigenvalue weighted by Gasteiger charge is -2.36. The van der Waals surface area contributed by atoms with E-state index < -0.39 is 18.0 Å². The van der Waals surface area contributed by atoms with E-state index in [-0.39, 0.29) is 18.2 Å². The molecule has 1 aromatic carbocycles. The number of carbonyl (C=O) groups is 1. The fraction of sp³-hybridized carbons (Fsp3) is 0.389. The fourth-order valence-corrected chi connectivity index (χ4v) is 3.52. The standard InChI is InChI=1S/C18H20FNO4S/c1-23-16-9-12(19)4-5-15(16)24-17-11-20(7-6-14(17)21)18(22)10-13-3-2-8-25-13/h2-5,8-9,14,17,21H,6-7,10-11H2,1H3/t14-,17-/m1/s1. The maximum Gasteiger partial charge on any atom is 0.227 e. The van der Waals surface area contributed by atoms with Crippen LogP contribution < -0.4 is 9.47 Å². The Bertz CT molecular complexity index is 722. The molecule has 5 nitrogen and oxygen atoms in total. The molecular weight excluding hydrogens is 345 g/mol. The number of likely N-dealkylation sites (tertiary alicyclic amines) is 1. The topological polar surface area (TPSA) is 59.0 Å². The van der Waals surface area contributed by atoms with Crippen LogP contribution in [0.3, 0.4) is 0 Å². The van der Waals surface area contributed by atoms with Crippen molar-refractivity contribution in [2.24, 2.45) is 0 Å². The molecule has 1 aliphatic heterocycles. The van der Waals surface area contributed by atoms with E-state index in [1.807, 2.05) is 17.5 Å². The van der Waals surface area contributed by atoms with Gasteiger partial charge in [-0.1, -0.05) is 6.07 Å². The minimum Gasteiger partial charge on any atom is -0.493 e. The Morgan fingerprint density at radius 2 is 2.24 bits per heavy atom. The van der Waals surface area contributed by atoms with E-state index in [0.29, 0.717) is 25.1 Å². The normalized spacial score (nSPS) is 20.4. The molecule has 0 bridgehead atoms. The molecule has 0 aliphatic carbocycles. The average molecular weight is 365 g/mol. The fourth-order valence-electron chi connectivity index (χ4n) is 2.82. The maximum atomic E-state index is 13.3. The quantitative estimate of drug-likeness (QED) is 0.884. The number of methoxy groups -OCH3 is 1. The zero-order valence-electron chi connectivity index (χ0n) is 13.9. The van der Waals surface area contributed by atoms with Crippen LogP contribution in [0.15, 0.2) is 35.7 Å². The minimum atomic E-state index is -0.694. The van der Waals surface area contributed by atoms with Gasteiger partial charge in [0, 0.05) is 17.5 Å². The summed E-state index contributed by atoms with van der Waals surface area (Å²) in [5, 5.41) is 12.2. The van der Waals surface area contributed by atoms with E-state index in [1.54, 1.807) is 16.2 Å². The van der Waals surface area contributed by atoms with Crippen LogP contribution in [0.4, 0.5) is 4.39 Å². The first kappa shape index (κ1) is 17.7. The highest BCUT2D eigenvalue weighted by molar-refractivity contribution is 7.10. The SMILES string of the molecule is COc1cc(F)ccc1O[C@@H]1CN(C(=O)Cc2cccs2)CC[C@H]1O. The Morgan fingerprint density at radius 1 is 1.40 bits per heavy atom. The Morgan fingerprint density at radius 3 is 2.96 bits per heavy atom. The number of rotatable bonds is 5. The highest BCUT2D eigenvalue weighted by Gasteiger charge is 2.32. The zero-order chi connectivity index (χ0) is 17.8. The molecule has 1 aromatic heterocycles. The van der Waals surface area contributed by atoms with Gasteiger partial charge in [0.2, 0.25) is 5.91 Å². The van der Waals surface area contributed by atoms with E-state index in [4.69, 9.17) is 9.47 Å². The van der Waals surface area contributed by atoms with Gasteiger partial charge >= 0.3 is 0 Å². The lowest BCUT2D eigenvalue weighted by Crippen LogP contribution is -2.51. The smallest absolute Gasteiger partial charge is 0.227 e. The molecule has 2 aromatic rings. The summed E-state index contributed by atoms with van der Waals surface area (Å²) in [6, 6.07) is 7.81. The van der Waals surface area contributed by atoms with Crippen molar-refractivity contribution in [2.45, 2.75) is 25.0 Å². The highest BCUT2D eigenvalue weighted by Crippen LogP contribution is 2.30. The third kappa shape index (κ3) is 4.29. The molecule has 0 saturated carbocycles. The summed E-state index contributed by atoms with van der Waals surface area (Å²) in [5.74, 6) is 0.185. The second-order valence-electron chi connectivity index (χ2n) is 5.90. The number of halogens is 1.